The highest BCUT2D eigenvalue weighted by Crippen LogP contribution is 2.42. The van der Waals surface area contributed by atoms with Crippen molar-refractivity contribution in [3.05, 3.63) is 66.7 Å². The van der Waals surface area contributed by atoms with Crippen molar-refractivity contribution in [1.29, 1.82) is 0 Å². The third kappa shape index (κ3) is 1.67. The Balaban J connectivity index is 2.29. The molecule has 0 radical (unpaired) electrons. The van der Waals surface area contributed by atoms with E-state index in [0.717, 1.165) is 43.1 Å². The molecule has 0 aliphatic rings. The fraction of sp³-hybridized carbons (Fsp3) is 0. The normalized spacial score (nSPS) is 12.7. The average Bonchev–Trinajstić information content (AvgIpc) is 2.58. The second-order valence-electron chi connectivity index (χ2n) is 6.10. The lowest BCUT2D eigenvalue weighted by molar-refractivity contribution is 0.598. The highest BCUT2D eigenvalue weighted by atomic mass is 32.2. The zero-order valence-corrected chi connectivity index (χ0v) is 13.5. The number of primary sulfonamides is 1. The second-order valence-corrected chi connectivity index (χ2v) is 7.63. The summed E-state index contributed by atoms with van der Waals surface area (Å²) in [6.45, 7) is 0. The van der Waals surface area contributed by atoms with Crippen LogP contribution in [0.1, 0.15) is 0 Å². The maximum atomic E-state index is 12.2. The van der Waals surface area contributed by atoms with E-state index in [4.69, 9.17) is 5.14 Å². The fourth-order valence-electron chi connectivity index (χ4n) is 3.86. The van der Waals surface area contributed by atoms with Crippen LogP contribution in [-0.4, -0.2) is 8.42 Å². The first-order valence-corrected chi connectivity index (χ1v) is 9.21. The van der Waals surface area contributed by atoms with E-state index in [0.29, 0.717) is 0 Å². The van der Waals surface area contributed by atoms with Crippen LogP contribution in [0.15, 0.2) is 71.6 Å². The van der Waals surface area contributed by atoms with E-state index in [-0.39, 0.29) is 4.90 Å². The Bertz CT molecular complexity index is 1370. The molecule has 0 saturated heterocycles. The van der Waals surface area contributed by atoms with E-state index in [1.54, 1.807) is 6.07 Å². The third-order valence-electron chi connectivity index (χ3n) is 4.78. The zero-order chi connectivity index (χ0) is 16.5. The van der Waals surface area contributed by atoms with Gasteiger partial charge in [-0.05, 0) is 43.8 Å². The minimum atomic E-state index is -3.82. The number of rotatable bonds is 1. The topological polar surface area (TPSA) is 60.2 Å². The van der Waals surface area contributed by atoms with Gasteiger partial charge in [0.05, 0.1) is 4.90 Å². The van der Waals surface area contributed by atoms with Crippen molar-refractivity contribution in [2.45, 2.75) is 4.90 Å². The Labute approximate surface area is 138 Å². The predicted octanol–water partition coefficient (Wildman–Crippen LogP) is 4.38. The van der Waals surface area contributed by atoms with Crippen molar-refractivity contribution in [3.63, 3.8) is 0 Å². The summed E-state index contributed by atoms with van der Waals surface area (Å²) < 4.78 is 24.4. The van der Waals surface area contributed by atoms with Crippen LogP contribution >= 0.6 is 0 Å². The van der Waals surface area contributed by atoms with Crippen LogP contribution in [0.3, 0.4) is 0 Å². The molecule has 0 aromatic heterocycles. The largest absolute Gasteiger partial charge is 0.238 e. The lowest BCUT2D eigenvalue weighted by Crippen LogP contribution is -2.12. The van der Waals surface area contributed by atoms with Crippen LogP contribution in [0.2, 0.25) is 0 Å². The molecule has 0 aliphatic carbocycles. The minimum absolute atomic E-state index is 0.185. The Kier molecular flexibility index (Phi) is 2.54. The molecule has 0 unspecified atom stereocenters. The average molecular weight is 331 g/mol. The van der Waals surface area contributed by atoms with Crippen molar-refractivity contribution < 1.29 is 8.42 Å². The Morgan fingerprint density at radius 1 is 0.583 bits per heavy atom. The van der Waals surface area contributed by atoms with Gasteiger partial charge in [0.1, 0.15) is 0 Å². The van der Waals surface area contributed by atoms with Gasteiger partial charge in [-0.25, -0.2) is 13.6 Å². The molecule has 24 heavy (non-hydrogen) atoms. The molecule has 5 aromatic carbocycles. The number of benzene rings is 5. The van der Waals surface area contributed by atoms with E-state index < -0.39 is 10.0 Å². The number of hydrogen-bond donors (Lipinski definition) is 1. The molecule has 0 atom stereocenters. The number of sulfonamides is 1. The highest BCUT2D eigenvalue weighted by molar-refractivity contribution is 7.89. The van der Waals surface area contributed by atoms with Gasteiger partial charge in [0.25, 0.3) is 0 Å². The van der Waals surface area contributed by atoms with Crippen LogP contribution in [0, 0.1) is 0 Å². The predicted molar refractivity (Wildman–Crippen MR) is 99.0 cm³/mol. The maximum Gasteiger partial charge on any atom is 0.238 e. The molecule has 0 amide bonds. The Morgan fingerprint density at radius 2 is 1.12 bits per heavy atom. The molecule has 0 fully saturated rings. The Morgan fingerprint density at radius 3 is 1.75 bits per heavy atom. The summed E-state index contributed by atoms with van der Waals surface area (Å²) >= 11 is 0. The van der Waals surface area contributed by atoms with Crippen molar-refractivity contribution in [3.8, 4) is 0 Å². The summed E-state index contributed by atoms with van der Waals surface area (Å²) in [5.41, 5.74) is 0. The van der Waals surface area contributed by atoms with E-state index in [1.807, 2.05) is 54.6 Å². The summed E-state index contributed by atoms with van der Waals surface area (Å²) in [6.07, 6.45) is 0. The third-order valence-corrected chi connectivity index (χ3v) is 5.73. The minimum Gasteiger partial charge on any atom is -0.225 e. The van der Waals surface area contributed by atoms with E-state index in [2.05, 4.69) is 6.07 Å². The van der Waals surface area contributed by atoms with Crippen LogP contribution in [0.5, 0.6) is 0 Å². The molecule has 0 heterocycles. The summed E-state index contributed by atoms with van der Waals surface area (Å²) in [6, 6.07) is 21.7. The van der Waals surface area contributed by atoms with Gasteiger partial charge in [0, 0.05) is 5.39 Å². The summed E-state index contributed by atoms with van der Waals surface area (Å²) in [7, 11) is -3.82. The van der Waals surface area contributed by atoms with Crippen molar-refractivity contribution in [2.24, 2.45) is 5.14 Å². The first-order chi connectivity index (χ1) is 11.6. The van der Waals surface area contributed by atoms with Crippen molar-refractivity contribution in [2.75, 3.05) is 0 Å². The molecule has 0 aliphatic heterocycles. The number of nitrogens with two attached hydrogens (primary N) is 1. The second kappa shape index (κ2) is 4.44. The molecule has 0 saturated carbocycles. The molecule has 4 heteroatoms. The van der Waals surface area contributed by atoms with Gasteiger partial charge in [-0.2, -0.15) is 0 Å². The highest BCUT2D eigenvalue weighted by Gasteiger charge is 2.19. The van der Waals surface area contributed by atoms with Gasteiger partial charge < -0.3 is 0 Å². The van der Waals surface area contributed by atoms with Gasteiger partial charge in [0.15, 0.2) is 0 Å². The molecule has 5 aromatic rings. The first-order valence-electron chi connectivity index (χ1n) is 7.67. The van der Waals surface area contributed by atoms with Crippen LogP contribution in [0.25, 0.3) is 43.1 Å². The number of hydrogen-bond acceptors (Lipinski definition) is 2. The van der Waals surface area contributed by atoms with Crippen molar-refractivity contribution in [1.82, 2.24) is 0 Å². The van der Waals surface area contributed by atoms with Crippen LogP contribution in [0.4, 0.5) is 0 Å². The smallest absolute Gasteiger partial charge is 0.225 e. The lowest BCUT2D eigenvalue weighted by atomic mass is 9.90. The summed E-state index contributed by atoms with van der Waals surface area (Å²) in [4.78, 5) is 0.185. The van der Waals surface area contributed by atoms with Gasteiger partial charge in [-0.15, -0.1) is 0 Å². The quantitative estimate of drug-likeness (QED) is 0.366. The Hall–Kier alpha value is -2.69. The molecule has 2 N–H and O–H groups in total. The molecular weight excluding hydrogens is 318 g/mol. The zero-order valence-electron chi connectivity index (χ0n) is 12.7. The standard InChI is InChI=1S/C20H13NO2S/c21-24(22,23)17-11-10-13-6-2-8-15-14-7-1-4-12-5-3-9-16(18(12)14)20(17)19(13)15/h1-11H,(H2,21,22,23). The van der Waals surface area contributed by atoms with Crippen LogP contribution in [-0.2, 0) is 10.0 Å². The lowest BCUT2D eigenvalue weighted by Gasteiger charge is -2.16. The van der Waals surface area contributed by atoms with Gasteiger partial charge >= 0.3 is 0 Å². The first kappa shape index (κ1) is 13.7. The maximum absolute atomic E-state index is 12.2. The molecule has 116 valence electrons. The monoisotopic (exact) mass is 331 g/mol. The number of fused-ring (bicyclic) bond motifs is 2. The molecule has 5 rings (SSSR count). The van der Waals surface area contributed by atoms with Gasteiger partial charge in [-0.1, -0.05) is 60.7 Å². The van der Waals surface area contributed by atoms with Crippen molar-refractivity contribution >= 4 is 53.1 Å². The summed E-state index contributed by atoms with van der Waals surface area (Å²) in [5, 5.41) is 13.5. The molecule has 0 bridgehead atoms. The van der Waals surface area contributed by atoms with E-state index >= 15 is 0 Å². The van der Waals surface area contributed by atoms with E-state index in [1.165, 1.54) is 0 Å². The molecule has 3 nitrogen and oxygen atoms in total. The van der Waals surface area contributed by atoms with Crippen LogP contribution < -0.4 is 5.14 Å². The molecular formula is C20H13NO2S. The van der Waals surface area contributed by atoms with Gasteiger partial charge in [-0.3, -0.25) is 0 Å². The van der Waals surface area contributed by atoms with E-state index in [9.17, 15) is 8.42 Å². The summed E-state index contributed by atoms with van der Waals surface area (Å²) in [5.74, 6) is 0. The fourth-order valence-corrected chi connectivity index (χ4v) is 4.62. The molecule has 0 spiro atoms. The SMILES string of the molecule is NS(=O)(=O)c1ccc2cccc3c4cccc5cccc(c1c23)c54. The van der Waals surface area contributed by atoms with Gasteiger partial charge in [0.2, 0.25) is 10.0 Å².